The Morgan fingerprint density at radius 1 is 1.21 bits per heavy atom. The summed E-state index contributed by atoms with van der Waals surface area (Å²) in [4.78, 5) is 3.96. The molecule has 1 aliphatic heterocycles. The SMILES string of the molecule is O=S(=O)(c1ccc(F)c(Cl)c1)N1CCC[C@H]1c1nncn1Cc1ccncc1. The predicted octanol–water partition coefficient (Wildman–Crippen LogP) is 3.04. The van der Waals surface area contributed by atoms with Gasteiger partial charge in [-0.25, -0.2) is 12.8 Å². The molecule has 4 rings (SSSR count). The summed E-state index contributed by atoms with van der Waals surface area (Å²) in [5.74, 6) is -0.0817. The van der Waals surface area contributed by atoms with E-state index in [-0.39, 0.29) is 9.92 Å². The number of rotatable bonds is 5. The topological polar surface area (TPSA) is 81.0 Å². The van der Waals surface area contributed by atoms with Crippen molar-refractivity contribution in [3.8, 4) is 0 Å². The van der Waals surface area contributed by atoms with Crippen LogP contribution in [0.15, 0.2) is 53.9 Å². The van der Waals surface area contributed by atoms with Gasteiger partial charge in [0.25, 0.3) is 0 Å². The van der Waals surface area contributed by atoms with E-state index in [1.165, 1.54) is 10.4 Å². The average Bonchev–Trinajstić information content (AvgIpc) is 3.34. The monoisotopic (exact) mass is 421 g/mol. The smallest absolute Gasteiger partial charge is 0.243 e. The van der Waals surface area contributed by atoms with Crippen LogP contribution >= 0.6 is 11.6 Å². The van der Waals surface area contributed by atoms with E-state index in [0.29, 0.717) is 31.8 Å². The van der Waals surface area contributed by atoms with Crippen LogP contribution in [0.3, 0.4) is 0 Å². The normalized spacial score (nSPS) is 17.9. The second kappa shape index (κ2) is 7.57. The van der Waals surface area contributed by atoms with Crippen LogP contribution in [0.2, 0.25) is 5.02 Å². The summed E-state index contributed by atoms with van der Waals surface area (Å²) in [5, 5.41) is 7.95. The van der Waals surface area contributed by atoms with E-state index in [0.717, 1.165) is 17.7 Å². The Morgan fingerprint density at radius 3 is 2.75 bits per heavy atom. The minimum absolute atomic E-state index is 0.0361. The molecule has 0 bridgehead atoms. The third-order valence-corrected chi connectivity index (χ3v) is 6.94. The molecule has 0 saturated carbocycles. The Labute approximate surface area is 166 Å². The fourth-order valence-electron chi connectivity index (χ4n) is 3.39. The third-order valence-electron chi connectivity index (χ3n) is 4.75. The van der Waals surface area contributed by atoms with Gasteiger partial charge in [-0.1, -0.05) is 11.6 Å². The highest BCUT2D eigenvalue weighted by Gasteiger charge is 2.39. The molecule has 1 aliphatic rings. The van der Waals surface area contributed by atoms with Crippen molar-refractivity contribution < 1.29 is 12.8 Å². The van der Waals surface area contributed by atoms with Crippen molar-refractivity contribution in [1.82, 2.24) is 24.1 Å². The number of benzene rings is 1. The van der Waals surface area contributed by atoms with E-state index >= 15 is 0 Å². The van der Waals surface area contributed by atoms with Crippen molar-refractivity contribution in [2.24, 2.45) is 0 Å². The van der Waals surface area contributed by atoms with Gasteiger partial charge in [0.05, 0.1) is 22.5 Å². The van der Waals surface area contributed by atoms with Gasteiger partial charge in [0.1, 0.15) is 12.1 Å². The molecular formula is C18H17ClFN5O2S. The third kappa shape index (κ3) is 3.52. The maximum atomic E-state index is 13.5. The first kappa shape index (κ1) is 19.0. The van der Waals surface area contributed by atoms with E-state index in [9.17, 15) is 12.8 Å². The number of pyridine rings is 1. The number of hydrogen-bond donors (Lipinski definition) is 0. The zero-order valence-electron chi connectivity index (χ0n) is 14.7. The van der Waals surface area contributed by atoms with Gasteiger partial charge in [-0.2, -0.15) is 4.31 Å². The fraction of sp³-hybridized carbons (Fsp3) is 0.278. The zero-order chi connectivity index (χ0) is 19.7. The van der Waals surface area contributed by atoms with E-state index in [2.05, 4.69) is 15.2 Å². The summed E-state index contributed by atoms with van der Waals surface area (Å²) in [6.07, 6.45) is 6.31. The molecule has 3 aromatic rings. The highest BCUT2D eigenvalue weighted by molar-refractivity contribution is 7.89. The Morgan fingerprint density at radius 2 is 2.00 bits per heavy atom. The summed E-state index contributed by atoms with van der Waals surface area (Å²) in [6.45, 7) is 0.863. The molecule has 1 saturated heterocycles. The minimum Gasteiger partial charge on any atom is -0.312 e. The van der Waals surface area contributed by atoms with Gasteiger partial charge in [0, 0.05) is 18.9 Å². The first-order valence-corrected chi connectivity index (χ1v) is 10.5. The summed E-state index contributed by atoms with van der Waals surface area (Å²) < 4.78 is 43.0. The van der Waals surface area contributed by atoms with Crippen molar-refractivity contribution in [1.29, 1.82) is 0 Å². The van der Waals surface area contributed by atoms with Gasteiger partial charge in [-0.3, -0.25) is 4.98 Å². The van der Waals surface area contributed by atoms with Crippen molar-refractivity contribution in [3.05, 3.63) is 71.3 Å². The fourth-order valence-corrected chi connectivity index (χ4v) is 5.31. The lowest BCUT2D eigenvalue weighted by molar-refractivity contribution is 0.374. The van der Waals surface area contributed by atoms with E-state index < -0.39 is 21.9 Å². The Hall–Kier alpha value is -2.36. The molecule has 1 atom stereocenters. The quantitative estimate of drug-likeness (QED) is 0.632. The van der Waals surface area contributed by atoms with Crippen LogP contribution in [-0.2, 0) is 16.6 Å². The van der Waals surface area contributed by atoms with Crippen molar-refractivity contribution >= 4 is 21.6 Å². The molecule has 28 heavy (non-hydrogen) atoms. The lowest BCUT2D eigenvalue weighted by Gasteiger charge is -2.24. The predicted molar refractivity (Wildman–Crippen MR) is 101 cm³/mol. The summed E-state index contributed by atoms with van der Waals surface area (Å²) in [7, 11) is -3.85. The van der Waals surface area contributed by atoms with Crippen LogP contribution in [0.5, 0.6) is 0 Å². The summed E-state index contributed by atoms with van der Waals surface area (Å²) in [5.41, 5.74) is 1.01. The number of hydrogen-bond acceptors (Lipinski definition) is 5. The average molecular weight is 422 g/mol. The second-order valence-electron chi connectivity index (χ2n) is 6.52. The van der Waals surface area contributed by atoms with Crippen molar-refractivity contribution in [3.63, 3.8) is 0 Å². The van der Waals surface area contributed by atoms with E-state index in [1.807, 2.05) is 16.7 Å². The zero-order valence-corrected chi connectivity index (χ0v) is 16.3. The largest absolute Gasteiger partial charge is 0.312 e. The van der Waals surface area contributed by atoms with Gasteiger partial charge in [0.2, 0.25) is 10.0 Å². The molecule has 1 fully saturated rings. The van der Waals surface area contributed by atoms with Gasteiger partial charge in [-0.05, 0) is 48.7 Å². The molecule has 0 N–H and O–H groups in total. The molecule has 10 heteroatoms. The molecule has 0 unspecified atom stereocenters. The lowest BCUT2D eigenvalue weighted by Crippen LogP contribution is -2.32. The van der Waals surface area contributed by atoms with Crippen LogP contribution in [0.1, 0.15) is 30.3 Å². The van der Waals surface area contributed by atoms with Crippen LogP contribution in [0, 0.1) is 5.82 Å². The second-order valence-corrected chi connectivity index (χ2v) is 8.82. The standard InChI is InChI=1S/C18H17ClFN5O2S/c19-15-10-14(3-4-16(15)20)28(26,27)25-9-1-2-17(25)18-23-22-12-24(18)11-13-5-7-21-8-6-13/h3-8,10,12,17H,1-2,9,11H2/t17-/m0/s1. The highest BCUT2D eigenvalue weighted by atomic mass is 35.5. The maximum absolute atomic E-state index is 13.5. The molecule has 1 aromatic carbocycles. The van der Waals surface area contributed by atoms with Crippen LogP contribution in [0.4, 0.5) is 4.39 Å². The Balaban J connectivity index is 1.66. The number of sulfonamides is 1. The van der Waals surface area contributed by atoms with E-state index in [4.69, 9.17) is 11.6 Å². The molecular weight excluding hydrogens is 405 g/mol. The molecule has 3 heterocycles. The molecule has 2 aromatic heterocycles. The first-order valence-electron chi connectivity index (χ1n) is 8.70. The maximum Gasteiger partial charge on any atom is 0.243 e. The Bertz CT molecular complexity index is 1090. The molecule has 0 spiro atoms. The van der Waals surface area contributed by atoms with Gasteiger partial charge in [0.15, 0.2) is 5.82 Å². The van der Waals surface area contributed by atoms with Crippen molar-refractivity contribution in [2.45, 2.75) is 30.3 Å². The first-order chi connectivity index (χ1) is 13.5. The molecule has 7 nitrogen and oxygen atoms in total. The van der Waals surface area contributed by atoms with E-state index in [1.54, 1.807) is 18.7 Å². The van der Waals surface area contributed by atoms with Crippen LogP contribution < -0.4 is 0 Å². The van der Waals surface area contributed by atoms with Crippen LogP contribution in [0.25, 0.3) is 0 Å². The molecule has 0 aliphatic carbocycles. The minimum atomic E-state index is -3.85. The lowest BCUT2D eigenvalue weighted by atomic mass is 10.2. The van der Waals surface area contributed by atoms with Crippen molar-refractivity contribution in [2.75, 3.05) is 6.54 Å². The molecule has 0 radical (unpaired) electrons. The molecule has 0 amide bonds. The highest BCUT2D eigenvalue weighted by Crippen LogP contribution is 2.36. The van der Waals surface area contributed by atoms with Crippen LogP contribution in [-0.4, -0.2) is 39.0 Å². The van der Waals surface area contributed by atoms with Gasteiger partial charge in [-0.15, -0.1) is 10.2 Å². The Kier molecular flexibility index (Phi) is 5.13. The number of nitrogens with zero attached hydrogens (tertiary/aromatic N) is 5. The molecule has 146 valence electrons. The summed E-state index contributed by atoms with van der Waals surface area (Å²) >= 11 is 5.79. The number of halogens is 2. The summed E-state index contributed by atoms with van der Waals surface area (Å²) in [6, 6.07) is 6.75. The number of aromatic nitrogens is 4. The van der Waals surface area contributed by atoms with Gasteiger partial charge < -0.3 is 4.57 Å². The van der Waals surface area contributed by atoms with Gasteiger partial charge >= 0.3 is 0 Å².